The third kappa shape index (κ3) is 4.88. The number of halogens is 2. The minimum absolute atomic E-state index is 0.0526. The van der Waals surface area contributed by atoms with Crippen molar-refractivity contribution in [3.63, 3.8) is 0 Å². The van der Waals surface area contributed by atoms with Gasteiger partial charge in [-0.25, -0.2) is 4.79 Å². The molecule has 0 saturated heterocycles. The van der Waals surface area contributed by atoms with Gasteiger partial charge in [-0.3, -0.25) is 18.7 Å². The number of ether oxygens (including phenoxy) is 1. The summed E-state index contributed by atoms with van der Waals surface area (Å²) in [5.74, 6) is -0.138. The first-order chi connectivity index (χ1) is 18.4. The average Bonchev–Trinajstić information content (AvgIpc) is 3.25. The predicted molar refractivity (Wildman–Crippen MR) is 141 cm³/mol. The molecule has 0 spiro atoms. The molecule has 4 aromatic rings. The molecular formula is C26H22Cl2N6O4. The fourth-order valence-corrected chi connectivity index (χ4v) is 4.64. The van der Waals surface area contributed by atoms with Gasteiger partial charge in [0.15, 0.2) is 0 Å². The average molecular weight is 553 g/mol. The van der Waals surface area contributed by atoms with Crippen LogP contribution in [0, 0.1) is 0 Å². The molecule has 1 aliphatic heterocycles. The second-order valence-corrected chi connectivity index (χ2v) is 9.37. The Morgan fingerprint density at radius 2 is 1.82 bits per heavy atom. The zero-order valence-electron chi connectivity index (χ0n) is 20.2. The zero-order valence-corrected chi connectivity index (χ0v) is 21.7. The van der Waals surface area contributed by atoms with Crippen molar-refractivity contribution >= 4 is 35.0 Å². The van der Waals surface area contributed by atoms with Gasteiger partial charge in [-0.1, -0.05) is 23.2 Å². The number of rotatable bonds is 6. The molecule has 0 radical (unpaired) electrons. The van der Waals surface area contributed by atoms with Gasteiger partial charge in [0, 0.05) is 31.4 Å². The van der Waals surface area contributed by atoms with E-state index in [1.54, 1.807) is 60.7 Å². The normalized spacial score (nSPS) is 12.7. The molecule has 0 fully saturated rings. The number of nitrogens with zero attached hydrogens (tertiary/aromatic N) is 5. The van der Waals surface area contributed by atoms with Gasteiger partial charge in [0.1, 0.15) is 11.4 Å². The first-order valence-corrected chi connectivity index (χ1v) is 12.4. The number of carbonyl (C=O) groups excluding carboxylic acids is 2. The maximum atomic E-state index is 13.6. The number of imidazole rings is 1. The van der Waals surface area contributed by atoms with Gasteiger partial charge in [-0.05, 0) is 54.1 Å². The van der Waals surface area contributed by atoms with Crippen LogP contribution in [-0.4, -0.2) is 49.7 Å². The van der Waals surface area contributed by atoms with Crippen molar-refractivity contribution in [3.05, 3.63) is 104 Å². The van der Waals surface area contributed by atoms with E-state index in [2.05, 4.69) is 15.5 Å². The van der Waals surface area contributed by atoms with Crippen molar-refractivity contribution < 1.29 is 14.3 Å². The molecule has 5 rings (SSSR count). The Balaban J connectivity index is 1.53. The lowest BCUT2D eigenvalue weighted by molar-refractivity contribution is 0.0706. The highest BCUT2D eigenvalue weighted by molar-refractivity contribution is 6.42. The van der Waals surface area contributed by atoms with Crippen LogP contribution >= 0.6 is 23.2 Å². The molecule has 2 aromatic heterocycles. The van der Waals surface area contributed by atoms with Crippen molar-refractivity contribution in [2.45, 2.75) is 19.6 Å². The molecule has 3 heterocycles. The summed E-state index contributed by atoms with van der Waals surface area (Å²) in [6, 6.07) is 13.2. The summed E-state index contributed by atoms with van der Waals surface area (Å²) in [5, 5.41) is 11.0. The molecule has 2 amide bonds. The summed E-state index contributed by atoms with van der Waals surface area (Å²) in [4.78, 5) is 42.0. The van der Waals surface area contributed by atoms with Crippen LogP contribution in [0.3, 0.4) is 0 Å². The molecular weight excluding hydrogens is 531 g/mol. The number of hydrogen-bond acceptors (Lipinski definition) is 6. The molecule has 0 atom stereocenters. The largest absolute Gasteiger partial charge is 0.497 e. The van der Waals surface area contributed by atoms with Gasteiger partial charge >= 0.3 is 5.69 Å². The monoisotopic (exact) mass is 552 g/mol. The van der Waals surface area contributed by atoms with E-state index in [-0.39, 0.29) is 48.5 Å². The van der Waals surface area contributed by atoms with Crippen LogP contribution in [0.25, 0.3) is 5.69 Å². The topological polar surface area (TPSA) is 111 Å². The van der Waals surface area contributed by atoms with E-state index in [0.717, 1.165) is 5.56 Å². The van der Waals surface area contributed by atoms with Gasteiger partial charge in [0.05, 0.1) is 41.3 Å². The Morgan fingerprint density at radius 1 is 1.03 bits per heavy atom. The first kappa shape index (κ1) is 25.5. The van der Waals surface area contributed by atoms with Gasteiger partial charge < -0.3 is 15.0 Å². The van der Waals surface area contributed by atoms with Crippen LogP contribution in [0.4, 0.5) is 0 Å². The van der Waals surface area contributed by atoms with Crippen molar-refractivity contribution in [1.29, 1.82) is 0 Å². The molecule has 1 aliphatic rings. The van der Waals surface area contributed by atoms with Gasteiger partial charge in [-0.2, -0.15) is 10.2 Å². The smallest absolute Gasteiger partial charge is 0.333 e. The number of aromatic nitrogens is 4. The molecule has 2 aromatic carbocycles. The lowest BCUT2D eigenvalue weighted by Crippen LogP contribution is -2.41. The Labute approximate surface area is 227 Å². The van der Waals surface area contributed by atoms with Gasteiger partial charge in [-0.15, -0.1) is 0 Å². The molecule has 0 unspecified atom stereocenters. The summed E-state index contributed by atoms with van der Waals surface area (Å²) < 4.78 is 8.13. The van der Waals surface area contributed by atoms with E-state index in [4.69, 9.17) is 27.9 Å². The molecule has 38 heavy (non-hydrogen) atoms. The second kappa shape index (κ2) is 10.7. The number of methoxy groups -OCH3 is 1. The van der Waals surface area contributed by atoms with Gasteiger partial charge in [0.25, 0.3) is 11.8 Å². The summed E-state index contributed by atoms with van der Waals surface area (Å²) in [7, 11) is 1.55. The minimum atomic E-state index is -0.465. The van der Waals surface area contributed by atoms with Crippen LogP contribution < -0.4 is 15.7 Å². The van der Waals surface area contributed by atoms with Crippen LogP contribution in [0.2, 0.25) is 10.0 Å². The lowest BCUT2D eigenvalue weighted by atomic mass is 10.1. The predicted octanol–water partition coefficient (Wildman–Crippen LogP) is 3.33. The van der Waals surface area contributed by atoms with Crippen molar-refractivity contribution in [3.8, 4) is 11.4 Å². The van der Waals surface area contributed by atoms with E-state index in [1.807, 2.05) is 0 Å². The maximum absolute atomic E-state index is 13.6. The van der Waals surface area contributed by atoms with Crippen LogP contribution in [0.1, 0.15) is 32.1 Å². The highest BCUT2D eigenvalue weighted by Crippen LogP contribution is 2.26. The van der Waals surface area contributed by atoms with E-state index in [9.17, 15) is 14.4 Å². The number of fused-ring (bicyclic) bond motifs is 1. The maximum Gasteiger partial charge on any atom is 0.333 e. The van der Waals surface area contributed by atoms with Crippen LogP contribution in [-0.2, 0) is 19.6 Å². The van der Waals surface area contributed by atoms with Crippen LogP contribution in [0.15, 0.2) is 65.7 Å². The third-order valence-corrected chi connectivity index (χ3v) is 7.02. The first-order valence-electron chi connectivity index (χ1n) is 11.6. The molecule has 12 heteroatoms. The standard InChI is InChI=1S/C26H22Cl2N6O4/c1-38-19-5-3-18(4-6-19)34-23(24(35)29-13-16-8-9-30-31-14-16)22-15-32(10-11-33(22)26(34)37)25(36)17-2-7-20(27)21(28)12-17/h2-9,12,14H,10-11,13,15H2,1H3,(H,29,35). The third-order valence-electron chi connectivity index (χ3n) is 6.28. The highest BCUT2D eigenvalue weighted by Gasteiger charge is 2.32. The van der Waals surface area contributed by atoms with E-state index in [1.165, 1.54) is 21.4 Å². The fourth-order valence-electron chi connectivity index (χ4n) is 4.34. The summed E-state index contributed by atoms with van der Waals surface area (Å²) in [6.07, 6.45) is 3.07. The van der Waals surface area contributed by atoms with E-state index < -0.39 is 5.91 Å². The number of hydrogen-bond donors (Lipinski definition) is 1. The van der Waals surface area contributed by atoms with E-state index in [0.29, 0.717) is 27.7 Å². The van der Waals surface area contributed by atoms with Gasteiger partial charge in [0.2, 0.25) is 0 Å². The quantitative estimate of drug-likeness (QED) is 0.392. The number of carbonyl (C=O) groups is 2. The van der Waals surface area contributed by atoms with Crippen molar-refractivity contribution in [1.82, 2.24) is 29.5 Å². The SMILES string of the molecule is COc1ccc(-n2c(C(=O)NCc3ccnnc3)c3n(c2=O)CCN(C(=O)c2ccc(Cl)c(Cl)c2)C3)cc1. The van der Waals surface area contributed by atoms with Crippen molar-refractivity contribution in [2.75, 3.05) is 13.7 Å². The molecule has 0 saturated carbocycles. The molecule has 0 aliphatic carbocycles. The molecule has 194 valence electrons. The second-order valence-electron chi connectivity index (χ2n) is 8.55. The van der Waals surface area contributed by atoms with Crippen molar-refractivity contribution in [2.24, 2.45) is 0 Å². The minimum Gasteiger partial charge on any atom is -0.497 e. The molecule has 0 bridgehead atoms. The Kier molecular flexibility index (Phi) is 7.17. The van der Waals surface area contributed by atoms with Crippen LogP contribution in [0.5, 0.6) is 5.75 Å². The number of benzene rings is 2. The highest BCUT2D eigenvalue weighted by atomic mass is 35.5. The molecule has 10 nitrogen and oxygen atoms in total. The lowest BCUT2D eigenvalue weighted by Gasteiger charge is -2.28. The summed E-state index contributed by atoms with van der Waals surface area (Å²) in [5.41, 5.74) is 1.81. The number of amides is 2. The Bertz CT molecular complexity index is 1570. The zero-order chi connectivity index (χ0) is 26.8. The van der Waals surface area contributed by atoms with E-state index >= 15 is 0 Å². The Morgan fingerprint density at radius 3 is 2.50 bits per heavy atom. The fraction of sp³-hybridized carbons (Fsp3) is 0.192. The Hall–Kier alpha value is -4.15. The summed E-state index contributed by atoms with van der Waals surface area (Å²) >= 11 is 12.1. The number of nitrogens with one attached hydrogen (secondary N) is 1. The molecule has 1 N–H and O–H groups in total. The summed E-state index contributed by atoms with van der Waals surface area (Å²) in [6.45, 7) is 0.736.